The van der Waals surface area contributed by atoms with Gasteiger partial charge in [-0.3, -0.25) is 9.36 Å². The molecule has 2 aromatic heterocycles. The van der Waals surface area contributed by atoms with Crippen LogP contribution in [-0.4, -0.2) is 40.5 Å². The first-order chi connectivity index (χ1) is 14.0. The van der Waals surface area contributed by atoms with Crippen LogP contribution in [0.25, 0.3) is 10.9 Å². The summed E-state index contributed by atoms with van der Waals surface area (Å²) < 4.78 is 17.3. The van der Waals surface area contributed by atoms with Crippen molar-refractivity contribution in [1.29, 1.82) is 0 Å². The van der Waals surface area contributed by atoms with Gasteiger partial charge in [0.2, 0.25) is 0 Å². The molecule has 3 heterocycles. The fourth-order valence-electron chi connectivity index (χ4n) is 3.33. The molecule has 0 N–H and O–H groups in total. The van der Waals surface area contributed by atoms with Crippen molar-refractivity contribution in [3.05, 3.63) is 51.6 Å². The van der Waals surface area contributed by atoms with Crippen LogP contribution in [0.5, 0.6) is 0 Å². The highest BCUT2D eigenvalue weighted by molar-refractivity contribution is 7.98. The molecule has 0 unspecified atom stereocenters. The third-order valence-electron chi connectivity index (χ3n) is 4.78. The number of benzene rings is 1. The molecule has 1 saturated heterocycles. The number of nitrogens with zero attached hydrogens (tertiary/aromatic N) is 3. The fraction of sp³-hybridized carbons (Fsp3) is 0.400. The molecule has 29 heavy (non-hydrogen) atoms. The van der Waals surface area contributed by atoms with E-state index in [1.165, 1.54) is 18.9 Å². The van der Waals surface area contributed by atoms with E-state index in [1.807, 2.05) is 13.0 Å². The van der Waals surface area contributed by atoms with Crippen molar-refractivity contribution in [2.75, 3.05) is 13.7 Å². The van der Waals surface area contributed by atoms with Crippen LogP contribution in [0.15, 0.2) is 38.7 Å². The number of carbonyl (C=O) groups is 1. The van der Waals surface area contributed by atoms with Gasteiger partial charge in [-0.1, -0.05) is 16.9 Å². The lowest BCUT2D eigenvalue weighted by Gasteiger charge is -2.16. The number of rotatable bonds is 6. The molecule has 9 heteroatoms. The predicted octanol–water partition coefficient (Wildman–Crippen LogP) is 2.95. The van der Waals surface area contributed by atoms with Gasteiger partial charge in [0.25, 0.3) is 5.56 Å². The molecule has 152 valence electrons. The number of methoxy groups -OCH3 is 1. The average molecular weight is 415 g/mol. The van der Waals surface area contributed by atoms with Crippen LogP contribution in [0.4, 0.5) is 0 Å². The van der Waals surface area contributed by atoms with Crippen molar-refractivity contribution in [1.82, 2.24) is 14.7 Å². The van der Waals surface area contributed by atoms with Crippen molar-refractivity contribution in [2.24, 2.45) is 0 Å². The molecule has 0 amide bonds. The van der Waals surface area contributed by atoms with E-state index in [0.29, 0.717) is 40.5 Å². The van der Waals surface area contributed by atoms with Gasteiger partial charge in [-0.2, -0.15) is 0 Å². The number of aromatic nitrogens is 3. The Kier molecular flexibility index (Phi) is 5.68. The van der Waals surface area contributed by atoms with Gasteiger partial charge in [0.1, 0.15) is 5.76 Å². The van der Waals surface area contributed by atoms with Crippen LogP contribution in [0.3, 0.4) is 0 Å². The summed E-state index contributed by atoms with van der Waals surface area (Å²) in [6.07, 6.45) is 1.90. The number of hydrogen-bond donors (Lipinski definition) is 0. The summed E-state index contributed by atoms with van der Waals surface area (Å²) in [6, 6.07) is 6.65. The fourth-order valence-corrected chi connectivity index (χ4v) is 4.22. The monoisotopic (exact) mass is 415 g/mol. The summed E-state index contributed by atoms with van der Waals surface area (Å²) in [4.78, 5) is 29.8. The molecular formula is C20H21N3O5S. The first kappa shape index (κ1) is 19.7. The normalized spacial score (nSPS) is 16.4. The zero-order chi connectivity index (χ0) is 20.4. The maximum atomic E-state index is 13.2. The van der Waals surface area contributed by atoms with E-state index >= 15 is 0 Å². The Hall–Kier alpha value is -2.65. The Morgan fingerprint density at radius 1 is 1.38 bits per heavy atom. The first-order valence-corrected chi connectivity index (χ1v) is 10.3. The molecule has 3 aromatic rings. The number of carbonyl (C=O) groups excluding carboxylic acids is 1. The van der Waals surface area contributed by atoms with E-state index in [9.17, 15) is 9.59 Å². The van der Waals surface area contributed by atoms with Crippen LogP contribution in [0.1, 0.15) is 34.7 Å². The maximum Gasteiger partial charge on any atom is 0.337 e. The molecule has 1 aliphatic heterocycles. The topological polar surface area (TPSA) is 96.5 Å². The summed E-state index contributed by atoms with van der Waals surface area (Å²) in [5.74, 6) is 0.772. The standard InChI is InChI=1S/C20H21N3O5S/c1-12-8-14(22-28-12)11-29-20-21-17-9-13(19(25)26-2)5-6-16(17)18(24)23(20)10-15-4-3-7-27-15/h5-6,8-9,15H,3-4,7,10-11H2,1-2H3/t15-/m0/s1. The molecule has 1 atom stereocenters. The number of aryl methyl sites for hydroxylation is 1. The Balaban J connectivity index is 1.74. The van der Waals surface area contributed by atoms with Crippen LogP contribution in [-0.2, 0) is 21.8 Å². The molecule has 1 aromatic carbocycles. The van der Waals surface area contributed by atoms with E-state index in [0.717, 1.165) is 24.3 Å². The van der Waals surface area contributed by atoms with Gasteiger partial charge in [-0.25, -0.2) is 9.78 Å². The molecule has 0 bridgehead atoms. The largest absolute Gasteiger partial charge is 0.465 e. The molecule has 0 aliphatic carbocycles. The summed E-state index contributed by atoms with van der Waals surface area (Å²) in [5.41, 5.74) is 1.43. The molecular weight excluding hydrogens is 394 g/mol. The van der Waals surface area contributed by atoms with E-state index in [4.69, 9.17) is 14.0 Å². The summed E-state index contributed by atoms with van der Waals surface area (Å²) in [5, 5.41) is 5.01. The molecule has 0 spiro atoms. The Morgan fingerprint density at radius 3 is 2.93 bits per heavy atom. The van der Waals surface area contributed by atoms with E-state index in [-0.39, 0.29) is 11.7 Å². The second-order valence-electron chi connectivity index (χ2n) is 6.89. The summed E-state index contributed by atoms with van der Waals surface area (Å²) in [7, 11) is 1.32. The predicted molar refractivity (Wildman–Crippen MR) is 107 cm³/mol. The quantitative estimate of drug-likeness (QED) is 0.344. The third-order valence-corrected chi connectivity index (χ3v) is 5.79. The highest BCUT2D eigenvalue weighted by Gasteiger charge is 2.21. The van der Waals surface area contributed by atoms with E-state index < -0.39 is 5.97 Å². The van der Waals surface area contributed by atoms with Crippen molar-refractivity contribution in [3.63, 3.8) is 0 Å². The van der Waals surface area contributed by atoms with E-state index in [1.54, 1.807) is 22.8 Å². The van der Waals surface area contributed by atoms with Gasteiger partial charge in [0, 0.05) is 18.4 Å². The molecule has 4 rings (SSSR count). The smallest absolute Gasteiger partial charge is 0.337 e. The molecule has 0 radical (unpaired) electrons. The van der Waals surface area contributed by atoms with Crippen molar-refractivity contribution < 1.29 is 18.8 Å². The third kappa shape index (κ3) is 4.20. The van der Waals surface area contributed by atoms with Crippen LogP contribution >= 0.6 is 11.8 Å². The molecule has 1 fully saturated rings. The van der Waals surface area contributed by atoms with Gasteiger partial charge >= 0.3 is 5.97 Å². The number of thioether (sulfide) groups is 1. The van der Waals surface area contributed by atoms with Gasteiger partial charge in [0.05, 0.1) is 41.9 Å². The Labute approximate surface area is 171 Å². The van der Waals surface area contributed by atoms with Gasteiger partial charge in [0.15, 0.2) is 5.16 Å². The lowest BCUT2D eigenvalue weighted by atomic mass is 10.1. The highest BCUT2D eigenvalue weighted by Crippen LogP contribution is 2.24. The maximum absolute atomic E-state index is 13.2. The molecule has 0 saturated carbocycles. The Morgan fingerprint density at radius 2 is 2.24 bits per heavy atom. The van der Waals surface area contributed by atoms with Gasteiger partial charge in [-0.05, 0) is 38.0 Å². The highest BCUT2D eigenvalue weighted by atomic mass is 32.2. The van der Waals surface area contributed by atoms with Crippen molar-refractivity contribution in [2.45, 2.75) is 43.3 Å². The summed E-state index contributed by atoms with van der Waals surface area (Å²) >= 11 is 1.40. The van der Waals surface area contributed by atoms with Crippen LogP contribution < -0.4 is 5.56 Å². The SMILES string of the molecule is COC(=O)c1ccc2c(=O)n(C[C@@H]3CCCO3)c(SCc3cc(C)on3)nc2c1. The first-order valence-electron chi connectivity index (χ1n) is 9.34. The van der Waals surface area contributed by atoms with Crippen molar-refractivity contribution in [3.8, 4) is 0 Å². The second kappa shape index (κ2) is 8.38. The number of ether oxygens (including phenoxy) is 2. The number of esters is 1. The Bertz CT molecular complexity index is 1100. The van der Waals surface area contributed by atoms with Crippen molar-refractivity contribution >= 4 is 28.6 Å². The minimum atomic E-state index is -0.468. The van der Waals surface area contributed by atoms with E-state index in [2.05, 4.69) is 10.1 Å². The van der Waals surface area contributed by atoms with Crippen LogP contribution in [0.2, 0.25) is 0 Å². The second-order valence-corrected chi connectivity index (χ2v) is 7.83. The summed E-state index contributed by atoms with van der Waals surface area (Å²) in [6.45, 7) is 2.99. The number of fused-ring (bicyclic) bond motifs is 1. The minimum Gasteiger partial charge on any atom is -0.465 e. The van der Waals surface area contributed by atoms with Crippen LogP contribution in [0, 0.1) is 6.92 Å². The minimum absolute atomic E-state index is 0.00469. The number of hydrogen-bond acceptors (Lipinski definition) is 8. The zero-order valence-electron chi connectivity index (χ0n) is 16.2. The average Bonchev–Trinajstić information content (AvgIpc) is 3.39. The molecule has 1 aliphatic rings. The lowest BCUT2D eigenvalue weighted by Crippen LogP contribution is -2.29. The zero-order valence-corrected chi connectivity index (χ0v) is 17.0. The van der Waals surface area contributed by atoms with Gasteiger partial charge < -0.3 is 14.0 Å². The molecule has 8 nitrogen and oxygen atoms in total. The van der Waals surface area contributed by atoms with Gasteiger partial charge in [-0.15, -0.1) is 0 Å². The lowest BCUT2D eigenvalue weighted by molar-refractivity contribution is 0.0601.